The van der Waals surface area contributed by atoms with Crippen LogP contribution in [0.5, 0.6) is 0 Å². The molecular weight excluding hydrogens is 432 g/mol. The summed E-state index contributed by atoms with van der Waals surface area (Å²) in [4.78, 5) is 22.6. The standard InChI is InChI=1S/C20H28N8O3S/c1-13-10-31-7-6-27(13)19-24-16(14-8-22-18(21)23-9-14)15-4-5-28(17(15)25-19)20(2)11-26(12-20)32(3,29)30/h8-9,13H,4-7,10-12H2,1-3H3,(H2,21,22,23)/t13-/m0/s1. The molecule has 5 rings (SSSR count). The number of hydrogen-bond donors (Lipinski definition) is 1. The lowest BCUT2D eigenvalue weighted by molar-refractivity contribution is 0.0981. The van der Waals surface area contributed by atoms with Crippen molar-refractivity contribution in [3.63, 3.8) is 0 Å². The van der Waals surface area contributed by atoms with Crippen LogP contribution in [0.2, 0.25) is 0 Å². The normalized spacial score (nSPS) is 23.2. The van der Waals surface area contributed by atoms with Crippen LogP contribution in [0.1, 0.15) is 19.4 Å². The van der Waals surface area contributed by atoms with Gasteiger partial charge in [-0.3, -0.25) is 0 Å². The summed E-state index contributed by atoms with van der Waals surface area (Å²) in [6.07, 6.45) is 5.40. The lowest BCUT2D eigenvalue weighted by atomic mass is 9.93. The van der Waals surface area contributed by atoms with Gasteiger partial charge in [0.2, 0.25) is 21.9 Å². The number of anilines is 3. The largest absolute Gasteiger partial charge is 0.377 e. The Kier molecular flexibility index (Phi) is 4.98. The van der Waals surface area contributed by atoms with Crippen LogP contribution < -0.4 is 15.5 Å². The van der Waals surface area contributed by atoms with Crippen LogP contribution >= 0.6 is 0 Å². The molecule has 12 heteroatoms. The molecule has 0 saturated carbocycles. The Morgan fingerprint density at radius 3 is 2.56 bits per heavy atom. The van der Waals surface area contributed by atoms with Gasteiger partial charge in [0.1, 0.15) is 5.82 Å². The van der Waals surface area contributed by atoms with Crippen LogP contribution in [0.15, 0.2) is 12.4 Å². The zero-order valence-corrected chi connectivity index (χ0v) is 19.3. The van der Waals surface area contributed by atoms with E-state index >= 15 is 0 Å². The van der Waals surface area contributed by atoms with E-state index < -0.39 is 10.0 Å². The molecule has 0 amide bonds. The fraction of sp³-hybridized carbons (Fsp3) is 0.600. The third kappa shape index (κ3) is 3.55. The predicted molar refractivity (Wildman–Crippen MR) is 121 cm³/mol. The third-order valence-electron chi connectivity index (χ3n) is 6.54. The molecule has 3 aliphatic heterocycles. The molecule has 0 unspecified atom stereocenters. The van der Waals surface area contributed by atoms with Crippen molar-refractivity contribution in [3.05, 3.63) is 18.0 Å². The van der Waals surface area contributed by atoms with Crippen LogP contribution in [0.4, 0.5) is 17.7 Å². The first-order valence-corrected chi connectivity index (χ1v) is 12.6. The summed E-state index contributed by atoms with van der Waals surface area (Å²) in [5.74, 6) is 1.71. The second kappa shape index (κ2) is 7.49. The average Bonchev–Trinajstić information content (AvgIpc) is 3.15. The first kappa shape index (κ1) is 21.3. The van der Waals surface area contributed by atoms with Gasteiger partial charge < -0.3 is 20.3 Å². The van der Waals surface area contributed by atoms with Crippen LogP contribution in [-0.2, 0) is 21.2 Å². The summed E-state index contributed by atoms with van der Waals surface area (Å²) < 4.78 is 31.0. The zero-order chi connectivity index (χ0) is 22.7. The highest BCUT2D eigenvalue weighted by Gasteiger charge is 2.50. The number of rotatable bonds is 4. The van der Waals surface area contributed by atoms with Crippen molar-refractivity contribution in [2.45, 2.75) is 31.8 Å². The minimum atomic E-state index is -3.21. The lowest BCUT2D eigenvalue weighted by Crippen LogP contribution is -2.69. The summed E-state index contributed by atoms with van der Waals surface area (Å²) in [7, 11) is -3.21. The van der Waals surface area contributed by atoms with Crippen molar-refractivity contribution in [2.24, 2.45) is 0 Å². The van der Waals surface area contributed by atoms with E-state index in [0.717, 1.165) is 35.6 Å². The Morgan fingerprint density at radius 1 is 1.19 bits per heavy atom. The lowest BCUT2D eigenvalue weighted by Gasteiger charge is -2.52. The second-order valence-electron chi connectivity index (χ2n) is 9.05. The zero-order valence-electron chi connectivity index (χ0n) is 18.5. The molecule has 0 radical (unpaired) electrons. The van der Waals surface area contributed by atoms with Gasteiger partial charge in [0.25, 0.3) is 0 Å². The molecule has 32 heavy (non-hydrogen) atoms. The van der Waals surface area contributed by atoms with Gasteiger partial charge in [0, 0.05) is 49.7 Å². The molecule has 3 aliphatic rings. The van der Waals surface area contributed by atoms with E-state index in [1.165, 1.54) is 10.6 Å². The second-order valence-corrected chi connectivity index (χ2v) is 11.0. The molecule has 11 nitrogen and oxygen atoms in total. The fourth-order valence-corrected chi connectivity index (χ4v) is 5.76. The van der Waals surface area contributed by atoms with E-state index in [0.29, 0.717) is 38.8 Å². The number of nitrogens with zero attached hydrogens (tertiary/aromatic N) is 7. The Bertz CT molecular complexity index is 1130. The van der Waals surface area contributed by atoms with Gasteiger partial charge in [-0.05, 0) is 20.3 Å². The highest BCUT2D eigenvalue weighted by atomic mass is 32.2. The van der Waals surface area contributed by atoms with Crippen LogP contribution in [-0.4, -0.2) is 89.9 Å². The average molecular weight is 461 g/mol. The summed E-state index contributed by atoms with van der Waals surface area (Å²) in [5.41, 5.74) is 8.00. The maximum atomic E-state index is 12.0. The number of fused-ring (bicyclic) bond motifs is 1. The molecule has 172 valence electrons. The number of morpholine rings is 1. The fourth-order valence-electron chi connectivity index (χ4n) is 4.74. The number of sulfonamides is 1. The predicted octanol–water partition coefficient (Wildman–Crippen LogP) is 0.137. The molecule has 1 atom stereocenters. The monoisotopic (exact) mass is 460 g/mol. The molecule has 0 bridgehead atoms. The van der Waals surface area contributed by atoms with Gasteiger partial charge in [-0.15, -0.1) is 0 Å². The van der Waals surface area contributed by atoms with Crippen LogP contribution in [0, 0.1) is 0 Å². The van der Waals surface area contributed by atoms with Gasteiger partial charge in [-0.1, -0.05) is 0 Å². The van der Waals surface area contributed by atoms with E-state index in [-0.39, 0.29) is 17.5 Å². The van der Waals surface area contributed by atoms with Crippen molar-refractivity contribution >= 4 is 27.7 Å². The summed E-state index contributed by atoms with van der Waals surface area (Å²) in [6.45, 7) is 7.77. The Balaban J connectivity index is 1.58. The van der Waals surface area contributed by atoms with E-state index in [4.69, 9.17) is 20.4 Å². The summed E-state index contributed by atoms with van der Waals surface area (Å²) >= 11 is 0. The van der Waals surface area contributed by atoms with E-state index in [9.17, 15) is 8.42 Å². The minimum Gasteiger partial charge on any atom is -0.377 e. The van der Waals surface area contributed by atoms with Gasteiger partial charge >= 0.3 is 0 Å². The Hall–Kier alpha value is -2.57. The maximum absolute atomic E-state index is 12.0. The maximum Gasteiger partial charge on any atom is 0.228 e. The van der Waals surface area contributed by atoms with Gasteiger partial charge in [-0.2, -0.15) is 9.29 Å². The minimum absolute atomic E-state index is 0.146. The molecule has 0 spiro atoms. The molecule has 2 N–H and O–H groups in total. The summed E-state index contributed by atoms with van der Waals surface area (Å²) in [5, 5.41) is 0. The van der Waals surface area contributed by atoms with Gasteiger partial charge in [0.15, 0.2) is 0 Å². The van der Waals surface area contributed by atoms with Crippen molar-refractivity contribution < 1.29 is 13.2 Å². The van der Waals surface area contributed by atoms with Crippen molar-refractivity contribution in [2.75, 3.05) is 61.2 Å². The molecule has 2 fully saturated rings. The Labute approximate surface area is 187 Å². The first-order valence-electron chi connectivity index (χ1n) is 10.7. The molecule has 0 aliphatic carbocycles. The number of aromatic nitrogens is 4. The SMILES string of the molecule is C[C@H]1COCCN1c1nc(-c2cnc(N)nc2)c2c(n1)N(C1(C)CN(S(C)(=O)=O)C1)CC2. The highest BCUT2D eigenvalue weighted by Crippen LogP contribution is 2.42. The van der Waals surface area contributed by atoms with Gasteiger partial charge in [0.05, 0.1) is 36.7 Å². The molecular formula is C20H28N8O3S. The number of nitrogens with two attached hydrogens (primary N) is 1. The van der Waals surface area contributed by atoms with Gasteiger partial charge in [-0.25, -0.2) is 23.4 Å². The first-order chi connectivity index (χ1) is 15.2. The van der Waals surface area contributed by atoms with E-state index in [1.807, 2.05) is 0 Å². The van der Waals surface area contributed by atoms with Crippen molar-refractivity contribution in [3.8, 4) is 11.3 Å². The number of ether oxygens (including phenoxy) is 1. The molecule has 2 saturated heterocycles. The molecule has 0 aromatic carbocycles. The van der Waals surface area contributed by atoms with E-state index in [2.05, 4.69) is 33.6 Å². The number of nitrogen functional groups attached to an aromatic ring is 1. The number of hydrogen-bond acceptors (Lipinski definition) is 10. The van der Waals surface area contributed by atoms with Crippen LogP contribution in [0.3, 0.4) is 0 Å². The Morgan fingerprint density at radius 2 is 1.91 bits per heavy atom. The van der Waals surface area contributed by atoms with E-state index in [1.54, 1.807) is 12.4 Å². The highest BCUT2D eigenvalue weighted by molar-refractivity contribution is 7.88. The van der Waals surface area contributed by atoms with Crippen molar-refractivity contribution in [1.29, 1.82) is 0 Å². The molecule has 2 aromatic rings. The van der Waals surface area contributed by atoms with Crippen molar-refractivity contribution in [1.82, 2.24) is 24.2 Å². The smallest absolute Gasteiger partial charge is 0.228 e. The molecule has 2 aromatic heterocycles. The third-order valence-corrected chi connectivity index (χ3v) is 7.74. The van der Waals surface area contributed by atoms with Crippen LogP contribution in [0.25, 0.3) is 11.3 Å². The quantitative estimate of drug-likeness (QED) is 0.672. The summed E-state index contributed by atoms with van der Waals surface area (Å²) in [6, 6.07) is 0.146. The topological polar surface area (TPSA) is 131 Å². The molecule has 5 heterocycles.